The Morgan fingerprint density at radius 1 is 1.14 bits per heavy atom. The zero-order chi connectivity index (χ0) is 21.8. The third-order valence-corrected chi connectivity index (χ3v) is 6.57. The van der Waals surface area contributed by atoms with Crippen molar-refractivity contribution in [1.82, 2.24) is 15.0 Å². The number of benzene rings is 1. The zero-order valence-corrected chi connectivity index (χ0v) is 17.6. The van der Waals surface area contributed by atoms with Crippen LogP contribution in [-0.4, -0.2) is 43.0 Å². The van der Waals surface area contributed by atoms with Gasteiger partial charge < -0.3 is 5.32 Å². The van der Waals surface area contributed by atoms with Crippen LogP contribution in [0.1, 0.15) is 30.7 Å². The number of alkyl halides is 3. The van der Waals surface area contributed by atoms with Crippen molar-refractivity contribution < 1.29 is 31.2 Å². The van der Waals surface area contributed by atoms with Crippen LogP contribution < -0.4 is 10.0 Å². The summed E-state index contributed by atoms with van der Waals surface area (Å²) < 4.78 is 62.8. The first-order valence-electron chi connectivity index (χ1n) is 7.99. The molecule has 0 radical (unpaired) electrons. The maximum Gasteiger partial charge on any atom is 0.441 e. The molecule has 29 heavy (non-hydrogen) atoms. The number of rotatable bonds is 7. The largest absolute Gasteiger partial charge is 0.441 e. The Labute approximate surface area is 173 Å². The van der Waals surface area contributed by atoms with Crippen LogP contribution in [0.15, 0.2) is 29.2 Å². The van der Waals surface area contributed by atoms with Gasteiger partial charge in [0.05, 0.1) is 15.6 Å². The van der Waals surface area contributed by atoms with E-state index in [1.807, 2.05) is 4.72 Å². The van der Waals surface area contributed by atoms with Gasteiger partial charge in [0.1, 0.15) is 4.88 Å². The van der Waals surface area contributed by atoms with Gasteiger partial charge in [0.15, 0.2) is 0 Å². The predicted octanol–water partition coefficient (Wildman–Crippen LogP) is 2.86. The fourth-order valence-corrected chi connectivity index (χ4v) is 4.46. The van der Waals surface area contributed by atoms with Crippen LogP contribution in [0.3, 0.4) is 0 Å². The van der Waals surface area contributed by atoms with E-state index in [-0.39, 0.29) is 39.4 Å². The fraction of sp³-hybridized carbons (Fsp3) is 0.312. The molecule has 1 aromatic heterocycles. The lowest BCUT2D eigenvalue weighted by Crippen LogP contribution is -2.30. The number of sulfonamides is 1. The van der Waals surface area contributed by atoms with E-state index in [0.29, 0.717) is 10.7 Å². The average molecular weight is 468 g/mol. The number of halogens is 3. The maximum atomic E-state index is 12.4. The number of hydrogen-bond donors (Lipinski definition) is 2. The molecule has 0 atom stereocenters. The standard InChI is InChI=1S/C16H16F3N3O4S3/c1-9-13(28-10(2)21-9)15(24)22-29(25,26)12-5-3-11(4-6-12)14(23)20-7-8-27-16(17,18)19/h3-6H,7-8H2,1-2H3,(H,20,23)(H,22,24). The monoisotopic (exact) mass is 467 g/mol. The molecule has 0 unspecified atom stereocenters. The van der Waals surface area contributed by atoms with Crippen molar-refractivity contribution >= 4 is 44.9 Å². The predicted molar refractivity (Wildman–Crippen MR) is 104 cm³/mol. The minimum absolute atomic E-state index is 0.0706. The number of nitrogens with one attached hydrogen (secondary N) is 2. The van der Waals surface area contributed by atoms with E-state index < -0.39 is 27.3 Å². The lowest BCUT2D eigenvalue weighted by atomic mass is 10.2. The van der Waals surface area contributed by atoms with E-state index in [1.54, 1.807) is 13.8 Å². The first-order valence-corrected chi connectivity index (χ1v) is 11.3. The van der Waals surface area contributed by atoms with Crippen LogP contribution in [0.25, 0.3) is 0 Å². The van der Waals surface area contributed by atoms with Gasteiger partial charge in [-0.2, -0.15) is 13.2 Å². The topological polar surface area (TPSA) is 105 Å². The second kappa shape index (κ2) is 9.13. The highest BCUT2D eigenvalue weighted by Gasteiger charge is 2.27. The van der Waals surface area contributed by atoms with Crippen molar-refractivity contribution in [2.75, 3.05) is 12.3 Å². The van der Waals surface area contributed by atoms with E-state index in [1.165, 1.54) is 12.1 Å². The van der Waals surface area contributed by atoms with Crippen LogP contribution in [0.2, 0.25) is 0 Å². The minimum Gasteiger partial charge on any atom is -0.351 e. The SMILES string of the molecule is Cc1nc(C)c(C(=O)NS(=O)(=O)c2ccc(C(=O)NCCSC(F)(F)F)cc2)s1. The molecule has 0 fully saturated rings. The summed E-state index contributed by atoms with van der Waals surface area (Å²) in [5.74, 6) is -1.79. The molecule has 2 rings (SSSR count). The Morgan fingerprint density at radius 3 is 2.28 bits per heavy atom. The molecule has 0 aliphatic carbocycles. The van der Waals surface area contributed by atoms with Crippen LogP contribution in [0, 0.1) is 13.8 Å². The third kappa shape index (κ3) is 6.72. The molecule has 1 aromatic carbocycles. The van der Waals surface area contributed by atoms with Crippen LogP contribution in [-0.2, 0) is 10.0 Å². The summed E-state index contributed by atoms with van der Waals surface area (Å²) in [6.07, 6.45) is 0. The van der Waals surface area contributed by atoms with Crippen LogP contribution >= 0.6 is 23.1 Å². The van der Waals surface area contributed by atoms with E-state index in [2.05, 4.69) is 10.3 Å². The van der Waals surface area contributed by atoms with Gasteiger partial charge in [-0.1, -0.05) is 0 Å². The second-order valence-corrected chi connectivity index (χ2v) is 9.70. The number of amides is 2. The number of thiazole rings is 1. The number of nitrogens with zero attached hydrogens (tertiary/aromatic N) is 1. The number of carbonyl (C=O) groups is 2. The number of aryl methyl sites for hydroxylation is 2. The van der Waals surface area contributed by atoms with E-state index in [0.717, 1.165) is 23.5 Å². The summed E-state index contributed by atoms with van der Waals surface area (Å²) in [6.45, 7) is 3.08. The summed E-state index contributed by atoms with van der Waals surface area (Å²) in [4.78, 5) is 28.1. The van der Waals surface area contributed by atoms with Crippen molar-refractivity contribution in [3.63, 3.8) is 0 Å². The summed E-state index contributed by atoms with van der Waals surface area (Å²) in [5, 5.41) is 2.93. The third-order valence-electron chi connectivity index (χ3n) is 3.42. The van der Waals surface area contributed by atoms with Crippen LogP contribution in [0.5, 0.6) is 0 Å². The van der Waals surface area contributed by atoms with Gasteiger partial charge in [-0.25, -0.2) is 18.1 Å². The highest BCUT2D eigenvalue weighted by molar-refractivity contribution is 8.00. The highest BCUT2D eigenvalue weighted by Crippen LogP contribution is 2.29. The molecule has 0 aliphatic rings. The zero-order valence-electron chi connectivity index (χ0n) is 15.2. The molecule has 158 valence electrons. The normalized spacial score (nSPS) is 11.9. The van der Waals surface area contributed by atoms with E-state index in [9.17, 15) is 31.2 Å². The molecule has 0 saturated heterocycles. The Hall–Kier alpha value is -2.12. The van der Waals surface area contributed by atoms with Gasteiger partial charge in [-0.3, -0.25) is 9.59 Å². The Bertz CT molecular complexity index is 1000. The van der Waals surface area contributed by atoms with Crippen molar-refractivity contribution in [3.8, 4) is 0 Å². The lowest BCUT2D eigenvalue weighted by Gasteiger charge is -2.09. The molecule has 0 saturated carbocycles. The van der Waals surface area contributed by atoms with Gasteiger partial charge in [-0.05, 0) is 49.9 Å². The average Bonchev–Trinajstić information content (AvgIpc) is 2.96. The quantitative estimate of drug-likeness (QED) is 0.607. The van der Waals surface area contributed by atoms with Gasteiger partial charge in [0.2, 0.25) is 0 Å². The maximum absolute atomic E-state index is 12.4. The van der Waals surface area contributed by atoms with E-state index >= 15 is 0 Å². The summed E-state index contributed by atoms with van der Waals surface area (Å²) in [6, 6.07) is 4.65. The van der Waals surface area contributed by atoms with Gasteiger partial charge in [-0.15, -0.1) is 11.3 Å². The fourth-order valence-electron chi connectivity index (χ4n) is 2.19. The molecule has 1 heterocycles. The summed E-state index contributed by atoms with van der Waals surface area (Å²) in [5.41, 5.74) is -3.89. The van der Waals surface area contributed by atoms with Crippen molar-refractivity contribution in [3.05, 3.63) is 45.4 Å². The van der Waals surface area contributed by atoms with Gasteiger partial charge in [0.25, 0.3) is 21.8 Å². The molecule has 0 bridgehead atoms. The molecular formula is C16H16F3N3O4S3. The van der Waals surface area contributed by atoms with Crippen molar-refractivity contribution in [2.45, 2.75) is 24.3 Å². The molecule has 2 N–H and O–H groups in total. The first-order chi connectivity index (χ1) is 13.4. The highest BCUT2D eigenvalue weighted by atomic mass is 32.2. The van der Waals surface area contributed by atoms with Gasteiger partial charge in [0, 0.05) is 17.9 Å². The molecule has 2 aromatic rings. The smallest absolute Gasteiger partial charge is 0.351 e. The molecule has 2 amide bonds. The Kier molecular flexibility index (Phi) is 7.30. The Balaban J connectivity index is 2.00. The first kappa shape index (κ1) is 23.2. The van der Waals surface area contributed by atoms with Gasteiger partial charge >= 0.3 is 5.51 Å². The number of aromatic nitrogens is 1. The minimum atomic E-state index is -4.37. The number of hydrogen-bond acceptors (Lipinski definition) is 7. The van der Waals surface area contributed by atoms with Crippen molar-refractivity contribution in [2.24, 2.45) is 0 Å². The molecule has 7 nitrogen and oxygen atoms in total. The molecule has 0 spiro atoms. The second-order valence-electron chi connectivity index (χ2n) is 5.66. The van der Waals surface area contributed by atoms with Crippen molar-refractivity contribution in [1.29, 1.82) is 0 Å². The Morgan fingerprint density at radius 2 is 1.76 bits per heavy atom. The lowest BCUT2D eigenvalue weighted by molar-refractivity contribution is -0.0327. The molecular weight excluding hydrogens is 451 g/mol. The van der Waals surface area contributed by atoms with E-state index in [4.69, 9.17) is 0 Å². The molecule has 13 heteroatoms. The summed E-state index contributed by atoms with van der Waals surface area (Å²) >= 11 is 0.808. The number of carbonyl (C=O) groups excluding carboxylic acids is 2. The van der Waals surface area contributed by atoms with Crippen LogP contribution in [0.4, 0.5) is 13.2 Å². The number of thioether (sulfide) groups is 1. The molecule has 0 aliphatic heterocycles. The summed E-state index contributed by atoms with van der Waals surface area (Å²) in [7, 11) is -4.18.